The molecule has 102 valence electrons. The summed E-state index contributed by atoms with van der Waals surface area (Å²) in [6.45, 7) is 4.88. The summed E-state index contributed by atoms with van der Waals surface area (Å²) in [7, 11) is 0. The number of nitrogens with zero attached hydrogens (tertiary/aromatic N) is 2. The van der Waals surface area contributed by atoms with Gasteiger partial charge in [0.2, 0.25) is 0 Å². The quantitative estimate of drug-likeness (QED) is 0.544. The number of anilines is 2. The van der Waals surface area contributed by atoms with Crippen molar-refractivity contribution < 1.29 is 10.2 Å². The Balaban J connectivity index is 2.75. The van der Waals surface area contributed by atoms with Gasteiger partial charge in [-0.25, -0.2) is 9.97 Å². The molecule has 0 spiro atoms. The second-order valence-corrected chi connectivity index (χ2v) is 4.05. The fourth-order valence-electron chi connectivity index (χ4n) is 1.48. The van der Waals surface area contributed by atoms with Crippen molar-refractivity contribution in [2.24, 2.45) is 0 Å². The number of aryl methyl sites for hydroxylation is 1. The maximum Gasteiger partial charge on any atom is 0.133 e. The van der Waals surface area contributed by atoms with E-state index < -0.39 is 6.10 Å². The minimum atomic E-state index is -0.780. The van der Waals surface area contributed by atoms with E-state index in [2.05, 4.69) is 27.5 Å². The molecule has 0 aromatic carbocycles. The van der Waals surface area contributed by atoms with Crippen molar-refractivity contribution in [3.05, 3.63) is 11.9 Å². The lowest BCUT2D eigenvalue weighted by Crippen LogP contribution is -2.23. The summed E-state index contributed by atoms with van der Waals surface area (Å²) in [6.07, 6.45) is 1.02. The third-order valence-corrected chi connectivity index (χ3v) is 2.33. The van der Waals surface area contributed by atoms with Crippen molar-refractivity contribution in [2.75, 3.05) is 30.3 Å². The van der Waals surface area contributed by atoms with Crippen LogP contribution in [0.3, 0.4) is 0 Å². The summed E-state index contributed by atoms with van der Waals surface area (Å²) in [4.78, 5) is 8.74. The summed E-state index contributed by atoms with van der Waals surface area (Å²) in [5, 5.41) is 24.2. The van der Waals surface area contributed by atoms with Gasteiger partial charge in [0, 0.05) is 25.6 Å². The number of hydrogen-bond acceptors (Lipinski definition) is 6. The van der Waals surface area contributed by atoms with Crippen LogP contribution < -0.4 is 10.6 Å². The Bertz CT molecular complexity index is 336. The fraction of sp³-hybridized carbons (Fsp3) is 0.667. The number of aliphatic hydroxyl groups excluding tert-OH is 2. The number of aliphatic hydroxyl groups is 2. The smallest absolute Gasteiger partial charge is 0.133 e. The van der Waals surface area contributed by atoms with E-state index in [4.69, 9.17) is 5.11 Å². The highest BCUT2D eigenvalue weighted by Gasteiger charge is 2.06. The molecule has 6 heteroatoms. The van der Waals surface area contributed by atoms with E-state index >= 15 is 0 Å². The number of aromatic nitrogens is 2. The zero-order valence-corrected chi connectivity index (χ0v) is 11.0. The molecule has 1 unspecified atom stereocenters. The van der Waals surface area contributed by atoms with E-state index in [1.54, 1.807) is 6.07 Å². The van der Waals surface area contributed by atoms with E-state index in [9.17, 15) is 5.11 Å². The van der Waals surface area contributed by atoms with Crippen LogP contribution in [0.25, 0.3) is 0 Å². The first-order valence-electron chi connectivity index (χ1n) is 6.34. The highest BCUT2D eigenvalue weighted by atomic mass is 16.3. The number of rotatable bonds is 8. The maximum atomic E-state index is 9.29. The van der Waals surface area contributed by atoms with Gasteiger partial charge >= 0.3 is 0 Å². The fourth-order valence-corrected chi connectivity index (χ4v) is 1.48. The Morgan fingerprint density at radius 3 is 2.44 bits per heavy atom. The topological polar surface area (TPSA) is 90.3 Å². The average molecular weight is 254 g/mol. The van der Waals surface area contributed by atoms with E-state index in [1.165, 1.54) is 0 Å². The van der Waals surface area contributed by atoms with E-state index in [1.807, 2.05) is 6.92 Å². The van der Waals surface area contributed by atoms with Crippen LogP contribution in [0.5, 0.6) is 0 Å². The molecule has 0 aliphatic rings. The molecule has 1 heterocycles. The van der Waals surface area contributed by atoms with Gasteiger partial charge in [0.15, 0.2) is 0 Å². The lowest BCUT2D eigenvalue weighted by atomic mass is 10.3. The minimum absolute atomic E-state index is 0.264. The van der Waals surface area contributed by atoms with E-state index in [-0.39, 0.29) is 13.2 Å². The third-order valence-electron chi connectivity index (χ3n) is 2.33. The van der Waals surface area contributed by atoms with Crippen LogP contribution in [0.4, 0.5) is 11.6 Å². The molecule has 1 aromatic rings. The Hall–Kier alpha value is -1.40. The largest absolute Gasteiger partial charge is 0.394 e. The molecule has 0 saturated carbocycles. The van der Waals surface area contributed by atoms with Crippen LogP contribution in [-0.2, 0) is 6.42 Å². The average Bonchev–Trinajstić information content (AvgIpc) is 2.36. The Labute approximate surface area is 107 Å². The Morgan fingerprint density at radius 2 is 1.89 bits per heavy atom. The van der Waals surface area contributed by atoms with Gasteiger partial charge in [-0.1, -0.05) is 6.92 Å². The van der Waals surface area contributed by atoms with Crippen LogP contribution in [-0.4, -0.2) is 46.0 Å². The van der Waals surface area contributed by atoms with Gasteiger partial charge < -0.3 is 20.8 Å². The summed E-state index contributed by atoms with van der Waals surface area (Å²) >= 11 is 0. The van der Waals surface area contributed by atoms with E-state index in [0.717, 1.165) is 31.0 Å². The van der Waals surface area contributed by atoms with E-state index in [0.29, 0.717) is 5.82 Å². The molecule has 1 rings (SSSR count). The summed E-state index contributed by atoms with van der Waals surface area (Å²) in [5.41, 5.74) is 0. The lowest BCUT2D eigenvalue weighted by Gasteiger charge is -2.12. The molecule has 0 radical (unpaired) electrons. The highest BCUT2D eigenvalue weighted by molar-refractivity contribution is 5.47. The van der Waals surface area contributed by atoms with Crippen molar-refractivity contribution >= 4 is 11.6 Å². The zero-order chi connectivity index (χ0) is 13.4. The van der Waals surface area contributed by atoms with Gasteiger partial charge in [0.1, 0.15) is 17.5 Å². The SMILES string of the molecule is CCCc1nc(NCC)cc(NCC(O)CO)n1. The van der Waals surface area contributed by atoms with Crippen molar-refractivity contribution in [2.45, 2.75) is 32.8 Å². The molecule has 4 N–H and O–H groups in total. The first kappa shape index (κ1) is 14.7. The second-order valence-electron chi connectivity index (χ2n) is 4.05. The van der Waals surface area contributed by atoms with Gasteiger partial charge in [0.25, 0.3) is 0 Å². The molecule has 1 atom stereocenters. The van der Waals surface area contributed by atoms with Gasteiger partial charge in [-0.05, 0) is 13.3 Å². The molecule has 0 bridgehead atoms. The molecule has 0 aliphatic carbocycles. The van der Waals surface area contributed by atoms with Gasteiger partial charge in [-0.2, -0.15) is 0 Å². The van der Waals surface area contributed by atoms with Crippen LogP contribution in [0.15, 0.2) is 6.07 Å². The molecular formula is C12H22N4O2. The van der Waals surface area contributed by atoms with Crippen LogP contribution in [0.2, 0.25) is 0 Å². The van der Waals surface area contributed by atoms with Crippen molar-refractivity contribution in [3.8, 4) is 0 Å². The Morgan fingerprint density at radius 1 is 1.22 bits per heavy atom. The molecule has 6 nitrogen and oxygen atoms in total. The predicted molar refractivity (Wildman–Crippen MR) is 71.8 cm³/mol. The number of hydrogen-bond donors (Lipinski definition) is 4. The first-order valence-corrected chi connectivity index (χ1v) is 6.34. The normalized spacial score (nSPS) is 12.2. The van der Waals surface area contributed by atoms with Crippen molar-refractivity contribution in [1.29, 1.82) is 0 Å². The van der Waals surface area contributed by atoms with Crippen LogP contribution >= 0.6 is 0 Å². The summed E-state index contributed by atoms with van der Waals surface area (Å²) in [5.74, 6) is 2.21. The van der Waals surface area contributed by atoms with Gasteiger partial charge in [-0.3, -0.25) is 0 Å². The summed E-state index contributed by atoms with van der Waals surface area (Å²) < 4.78 is 0. The first-order chi connectivity index (χ1) is 8.69. The standard InChI is InChI=1S/C12H22N4O2/c1-3-5-10-15-11(13-4-2)6-12(16-10)14-7-9(18)8-17/h6,9,17-18H,3-5,7-8H2,1-2H3,(H2,13,14,15,16). The monoisotopic (exact) mass is 254 g/mol. The molecule has 0 aliphatic heterocycles. The molecule has 0 fully saturated rings. The van der Waals surface area contributed by atoms with Crippen LogP contribution in [0, 0.1) is 0 Å². The highest BCUT2D eigenvalue weighted by Crippen LogP contribution is 2.12. The predicted octanol–water partition coefficient (Wildman–Crippen LogP) is 0.626. The van der Waals surface area contributed by atoms with Gasteiger partial charge in [-0.15, -0.1) is 0 Å². The third kappa shape index (κ3) is 4.85. The molecule has 1 aromatic heterocycles. The molecule has 18 heavy (non-hydrogen) atoms. The molecule has 0 saturated heterocycles. The lowest BCUT2D eigenvalue weighted by molar-refractivity contribution is 0.105. The van der Waals surface area contributed by atoms with Crippen molar-refractivity contribution in [1.82, 2.24) is 9.97 Å². The maximum absolute atomic E-state index is 9.29. The minimum Gasteiger partial charge on any atom is -0.394 e. The Kier molecular flexibility index (Phi) is 6.38. The number of nitrogens with one attached hydrogen (secondary N) is 2. The summed E-state index contributed by atoms with van der Waals surface area (Å²) in [6, 6.07) is 1.80. The molecule has 0 amide bonds. The molecular weight excluding hydrogens is 232 g/mol. The van der Waals surface area contributed by atoms with Crippen molar-refractivity contribution in [3.63, 3.8) is 0 Å². The van der Waals surface area contributed by atoms with Gasteiger partial charge in [0.05, 0.1) is 12.7 Å². The zero-order valence-electron chi connectivity index (χ0n) is 11.0. The van der Waals surface area contributed by atoms with Crippen LogP contribution in [0.1, 0.15) is 26.1 Å². The second kappa shape index (κ2) is 7.84.